The number of nitrogens with one attached hydrogen (secondary N) is 1. The number of amides is 1. The van der Waals surface area contributed by atoms with Gasteiger partial charge in [0.2, 0.25) is 5.91 Å². The zero-order valence-electron chi connectivity index (χ0n) is 7.91. The van der Waals surface area contributed by atoms with Crippen molar-refractivity contribution >= 4 is 11.9 Å². The number of piperidine rings is 1. The summed E-state index contributed by atoms with van der Waals surface area (Å²) >= 11 is 0. The van der Waals surface area contributed by atoms with Crippen molar-refractivity contribution < 1.29 is 14.7 Å². The maximum atomic E-state index is 11.1. The molecule has 1 fully saturated rings. The number of carbonyl (C=O) groups is 2. The summed E-state index contributed by atoms with van der Waals surface area (Å²) in [5.41, 5.74) is 0. The Morgan fingerprint density at radius 1 is 1.62 bits per heavy atom. The standard InChI is InChI=1S/C9H15NO3/c1-5(2)6-3-7(9(12)13)8(11)10-4-6/h5-7H,3-4H2,1-2H3,(H,10,11)(H,12,13)/t6-,7-/m0/s1. The molecule has 0 bridgehead atoms. The number of hydrogen-bond donors (Lipinski definition) is 2. The minimum atomic E-state index is -1.01. The molecule has 1 amide bonds. The number of carboxylic acids is 1. The lowest BCUT2D eigenvalue weighted by molar-refractivity contribution is -0.149. The number of rotatable bonds is 2. The Morgan fingerprint density at radius 3 is 2.69 bits per heavy atom. The molecule has 1 aliphatic heterocycles. The molecule has 0 saturated carbocycles. The van der Waals surface area contributed by atoms with Gasteiger partial charge in [-0.1, -0.05) is 13.8 Å². The predicted octanol–water partition coefficient (Wildman–Crippen LogP) is 0.479. The number of carboxylic acid groups (broad SMARTS) is 1. The van der Waals surface area contributed by atoms with Gasteiger partial charge >= 0.3 is 5.97 Å². The molecule has 0 aliphatic carbocycles. The average molecular weight is 185 g/mol. The van der Waals surface area contributed by atoms with Crippen molar-refractivity contribution in [2.45, 2.75) is 20.3 Å². The summed E-state index contributed by atoms with van der Waals surface area (Å²) in [6.07, 6.45) is 0.471. The summed E-state index contributed by atoms with van der Waals surface area (Å²) in [5.74, 6) is -1.49. The fourth-order valence-corrected chi connectivity index (χ4v) is 1.57. The molecule has 2 atom stereocenters. The van der Waals surface area contributed by atoms with Gasteiger partial charge in [0.05, 0.1) is 0 Å². The van der Waals surface area contributed by atoms with E-state index in [0.29, 0.717) is 24.8 Å². The number of carbonyl (C=O) groups excluding carboxylic acids is 1. The Labute approximate surface area is 77.3 Å². The minimum absolute atomic E-state index is 0.291. The molecule has 13 heavy (non-hydrogen) atoms. The SMILES string of the molecule is CC(C)[C@@H]1CNC(=O)[C@@H](C(=O)O)C1. The summed E-state index contributed by atoms with van der Waals surface area (Å²) in [6.45, 7) is 4.70. The summed E-state index contributed by atoms with van der Waals surface area (Å²) in [5, 5.41) is 11.4. The van der Waals surface area contributed by atoms with E-state index in [1.54, 1.807) is 0 Å². The summed E-state index contributed by atoms with van der Waals surface area (Å²) in [6, 6.07) is 0. The Morgan fingerprint density at radius 2 is 2.23 bits per heavy atom. The molecular formula is C9H15NO3. The predicted molar refractivity (Wildman–Crippen MR) is 47.1 cm³/mol. The Balaban J connectivity index is 2.63. The third kappa shape index (κ3) is 2.20. The zero-order valence-corrected chi connectivity index (χ0v) is 7.91. The van der Waals surface area contributed by atoms with Gasteiger partial charge in [0, 0.05) is 6.54 Å². The van der Waals surface area contributed by atoms with E-state index in [-0.39, 0.29) is 5.91 Å². The van der Waals surface area contributed by atoms with Crippen molar-refractivity contribution in [3.8, 4) is 0 Å². The maximum absolute atomic E-state index is 11.1. The van der Waals surface area contributed by atoms with E-state index in [2.05, 4.69) is 5.32 Å². The largest absolute Gasteiger partial charge is 0.481 e. The molecule has 0 aromatic carbocycles. The lowest BCUT2D eigenvalue weighted by atomic mass is 9.83. The van der Waals surface area contributed by atoms with Crippen molar-refractivity contribution in [3.63, 3.8) is 0 Å². The second-order valence-corrected chi connectivity index (χ2v) is 3.88. The van der Waals surface area contributed by atoms with Crippen LogP contribution in [0.4, 0.5) is 0 Å². The minimum Gasteiger partial charge on any atom is -0.481 e. The van der Waals surface area contributed by atoms with Crippen LogP contribution >= 0.6 is 0 Å². The van der Waals surface area contributed by atoms with E-state index in [9.17, 15) is 9.59 Å². The fraction of sp³-hybridized carbons (Fsp3) is 0.778. The second-order valence-electron chi connectivity index (χ2n) is 3.88. The smallest absolute Gasteiger partial charge is 0.316 e. The first kappa shape index (κ1) is 10.0. The van der Waals surface area contributed by atoms with Crippen LogP contribution < -0.4 is 5.32 Å². The summed E-state index contributed by atoms with van der Waals surface area (Å²) in [7, 11) is 0. The highest BCUT2D eigenvalue weighted by Crippen LogP contribution is 2.23. The molecule has 0 spiro atoms. The lowest BCUT2D eigenvalue weighted by Crippen LogP contribution is -2.46. The van der Waals surface area contributed by atoms with Gasteiger partial charge < -0.3 is 10.4 Å². The normalized spacial score (nSPS) is 28.7. The molecule has 4 heteroatoms. The average Bonchev–Trinajstić information content (AvgIpc) is 2.04. The van der Waals surface area contributed by atoms with E-state index < -0.39 is 11.9 Å². The molecule has 0 aromatic rings. The Bertz CT molecular complexity index is 225. The lowest BCUT2D eigenvalue weighted by Gasteiger charge is -2.29. The van der Waals surface area contributed by atoms with Crippen LogP contribution in [0.2, 0.25) is 0 Å². The van der Waals surface area contributed by atoms with Crippen LogP contribution in [0.25, 0.3) is 0 Å². The summed E-state index contributed by atoms with van der Waals surface area (Å²) < 4.78 is 0. The Kier molecular flexibility index (Phi) is 2.90. The van der Waals surface area contributed by atoms with Gasteiger partial charge in [0.1, 0.15) is 5.92 Å². The van der Waals surface area contributed by atoms with Crippen LogP contribution in [0.15, 0.2) is 0 Å². The maximum Gasteiger partial charge on any atom is 0.316 e. The van der Waals surface area contributed by atoms with Crippen molar-refractivity contribution in [3.05, 3.63) is 0 Å². The molecular weight excluding hydrogens is 170 g/mol. The third-order valence-corrected chi connectivity index (χ3v) is 2.63. The first-order chi connectivity index (χ1) is 6.02. The van der Waals surface area contributed by atoms with E-state index >= 15 is 0 Å². The van der Waals surface area contributed by atoms with Crippen LogP contribution in [0, 0.1) is 17.8 Å². The zero-order chi connectivity index (χ0) is 10.0. The van der Waals surface area contributed by atoms with Gasteiger partial charge in [0.15, 0.2) is 0 Å². The van der Waals surface area contributed by atoms with Crippen molar-refractivity contribution in [1.29, 1.82) is 0 Å². The third-order valence-electron chi connectivity index (χ3n) is 2.63. The molecule has 1 saturated heterocycles. The first-order valence-corrected chi connectivity index (χ1v) is 4.53. The highest BCUT2D eigenvalue weighted by Gasteiger charge is 2.34. The van der Waals surface area contributed by atoms with Crippen molar-refractivity contribution in [2.24, 2.45) is 17.8 Å². The quantitative estimate of drug-likeness (QED) is 0.615. The summed E-state index contributed by atoms with van der Waals surface area (Å²) in [4.78, 5) is 21.8. The molecule has 0 unspecified atom stereocenters. The van der Waals surface area contributed by atoms with Gasteiger partial charge in [0.25, 0.3) is 0 Å². The molecule has 0 radical (unpaired) electrons. The first-order valence-electron chi connectivity index (χ1n) is 4.53. The number of aliphatic carboxylic acids is 1. The van der Waals surface area contributed by atoms with Crippen LogP contribution in [-0.2, 0) is 9.59 Å². The topological polar surface area (TPSA) is 66.4 Å². The van der Waals surface area contributed by atoms with Crippen LogP contribution in [-0.4, -0.2) is 23.5 Å². The molecule has 1 aliphatic rings. The highest BCUT2D eigenvalue weighted by atomic mass is 16.4. The molecule has 4 nitrogen and oxygen atoms in total. The number of hydrogen-bond acceptors (Lipinski definition) is 2. The van der Waals surface area contributed by atoms with Gasteiger partial charge in [-0.25, -0.2) is 0 Å². The van der Waals surface area contributed by atoms with Gasteiger partial charge in [-0.2, -0.15) is 0 Å². The van der Waals surface area contributed by atoms with Crippen LogP contribution in [0.3, 0.4) is 0 Å². The monoisotopic (exact) mass is 185 g/mol. The molecule has 0 aromatic heterocycles. The molecule has 1 rings (SSSR count). The van der Waals surface area contributed by atoms with Crippen LogP contribution in [0.5, 0.6) is 0 Å². The molecule has 2 N–H and O–H groups in total. The van der Waals surface area contributed by atoms with Gasteiger partial charge in [-0.15, -0.1) is 0 Å². The molecule has 1 heterocycles. The Hall–Kier alpha value is -1.06. The van der Waals surface area contributed by atoms with Crippen LogP contribution in [0.1, 0.15) is 20.3 Å². The van der Waals surface area contributed by atoms with E-state index in [4.69, 9.17) is 5.11 Å². The van der Waals surface area contributed by atoms with E-state index in [0.717, 1.165) is 0 Å². The van der Waals surface area contributed by atoms with Gasteiger partial charge in [-0.05, 0) is 18.3 Å². The van der Waals surface area contributed by atoms with E-state index in [1.165, 1.54) is 0 Å². The van der Waals surface area contributed by atoms with E-state index in [1.807, 2.05) is 13.8 Å². The highest BCUT2D eigenvalue weighted by molar-refractivity contribution is 5.97. The second kappa shape index (κ2) is 3.77. The molecule has 74 valence electrons. The van der Waals surface area contributed by atoms with Crippen molar-refractivity contribution in [2.75, 3.05) is 6.54 Å². The fourth-order valence-electron chi connectivity index (χ4n) is 1.57. The van der Waals surface area contributed by atoms with Crippen molar-refractivity contribution in [1.82, 2.24) is 5.32 Å². The van der Waals surface area contributed by atoms with Gasteiger partial charge in [-0.3, -0.25) is 9.59 Å².